The predicted molar refractivity (Wildman–Crippen MR) is 62.6 cm³/mol. The minimum absolute atomic E-state index is 0.0269. The highest BCUT2D eigenvalue weighted by molar-refractivity contribution is 7.90. The van der Waals surface area contributed by atoms with Crippen molar-refractivity contribution in [2.45, 2.75) is 39.1 Å². The van der Waals surface area contributed by atoms with Crippen molar-refractivity contribution in [3.05, 3.63) is 0 Å². The van der Waals surface area contributed by atoms with Gasteiger partial charge in [-0.1, -0.05) is 6.92 Å². The molecule has 0 aliphatic carbocycles. The Balaban J connectivity index is 4.00. The van der Waals surface area contributed by atoms with Crippen LogP contribution in [0.4, 0.5) is 13.2 Å². The summed E-state index contributed by atoms with van der Waals surface area (Å²) in [4.78, 5) is 11.5. The molecule has 0 aliphatic rings. The summed E-state index contributed by atoms with van der Waals surface area (Å²) in [5.74, 6) is -0.464. The van der Waals surface area contributed by atoms with Crippen molar-refractivity contribution in [2.75, 3.05) is 13.2 Å². The number of carbonyl (C=O) groups is 1. The van der Waals surface area contributed by atoms with Crippen LogP contribution in [0, 0.1) is 5.41 Å². The number of halogens is 3. The third kappa shape index (κ3) is 5.77. The molecular weight excluding hydrogens is 287 g/mol. The Morgan fingerprint density at radius 3 is 2.21 bits per heavy atom. The molecule has 0 aromatic heterocycles. The summed E-state index contributed by atoms with van der Waals surface area (Å²) in [6.45, 7) is 4.59. The van der Waals surface area contributed by atoms with Crippen LogP contribution in [0.2, 0.25) is 0 Å². The molecule has 19 heavy (non-hydrogen) atoms. The van der Waals surface area contributed by atoms with Crippen LogP contribution in [0.25, 0.3) is 0 Å². The van der Waals surface area contributed by atoms with Crippen LogP contribution in [0.5, 0.6) is 0 Å². The first-order valence-electron chi connectivity index (χ1n) is 5.67. The Kier molecular flexibility index (Phi) is 6.27. The summed E-state index contributed by atoms with van der Waals surface area (Å²) in [5, 5.41) is 0. The molecular formula is C10H18F3NO4S. The molecule has 0 aliphatic heterocycles. The Morgan fingerprint density at radius 2 is 1.79 bits per heavy atom. The molecule has 0 aromatic carbocycles. The second-order valence-electron chi connectivity index (χ2n) is 4.57. The van der Waals surface area contributed by atoms with Crippen molar-refractivity contribution in [3.8, 4) is 0 Å². The van der Waals surface area contributed by atoms with Gasteiger partial charge in [-0.2, -0.15) is 13.2 Å². The van der Waals surface area contributed by atoms with E-state index in [1.165, 1.54) is 4.72 Å². The molecule has 0 bridgehead atoms. The van der Waals surface area contributed by atoms with Gasteiger partial charge in [0.15, 0.2) is 0 Å². The number of hydrogen-bond donors (Lipinski definition) is 1. The molecule has 0 saturated carbocycles. The van der Waals surface area contributed by atoms with Gasteiger partial charge in [-0.25, -0.2) is 13.1 Å². The lowest BCUT2D eigenvalue weighted by Gasteiger charge is -2.20. The van der Waals surface area contributed by atoms with E-state index < -0.39 is 33.5 Å². The number of rotatable bonds is 7. The molecule has 114 valence electrons. The van der Waals surface area contributed by atoms with Crippen LogP contribution in [0.3, 0.4) is 0 Å². The Hall–Kier alpha value is -0.830. The maximum Gasteiger partial charge on any atom is 0.511 e. The summed E-state index contributed by atoms with van der Waals surface area (Å²) in [5.41, 5.74) is -5.99. The largest absolute Gasteiger partial charge is 0.511 e. The fourth-order valence-electron chi connectivity index (χ4n) is 0.865. The standard InChI is InChI=1S/C10H18F3NO4S/c1-4-9(2,3)8(15)18-7-5-6-14-19(16,17)10(11,12)13/h14H,4-7H2,1-3H3. The van der Waals surface area contributed by atoms with E-state index in [4.69, 9.17) is 4.74 Å². The zero-order chi connectivity index (χ0) is 15.3. The molecule has 0 heterocycles. The summed E-state index contributed by atoms with van der Waals surface area (Å²) < 4.78 is 63.3. The van der Waals surface area contributed by atoms with Gasteiger partial charge in [-0.05, 0) is 26.7 Å². The molecule has 0 radical (unpaired) electrons. The van der Waals surface area contributed by atoms with Crippen LogP contribution in [-0.4, -0.2) is 33.0 Å². The van der Waals surface area contributed by atoms with Crippen LogP contribution in [0.15, 0.2) is 0 Å². The monoisotopic (exact) mass is 305 g/mol. The summed E-state index contributed by atoms with van der Waals surface area (Å²) in [6, 6.07) is 0. The van der Waals surface area contributed by atoms with Crippen molar-refractivity contribution in [2.24, 2.45) is 5.41 Å². The first-order valence-corrected chi connectivity index (χ1v) is 7.15. The molecule has 9 heteroatoms. The fourth-order valence-corrected chi connectivity index (χ4v) is 1.44. The highest BCUT2D eigenvalue weighted by atomic mass is 32.2. The van der Waals surface area contributed by atoms with Crippen LogP contribution in [-0.2, 0) is 19.6 Å². The molecule has 0 aromatic rings. The van der Waals surface area contributed by atoms with Crippen molar-refractivity contribution < 1.29 is 31.1 Å². The number of alkyl halides is 3. The van der Waals surface area contributed by atoms with Gasteiger partial charge in [-0.15, -0.1) is 0 Å². The van der Waals surface area contributed by atoms with E-state index in [9.17, 15) is 26.4 Å². The lowest BCUT2D eigenvalue weighted by molar-refractivity contribution is -0.154. The zero-order valence-electron chi connectivity index (χ0n) is 11.0. The van der Waals surface area contributed by atoms with E-state index in [1.807, 2.05) is 0 Å². The van der Waals surface area contributed by atoms with Crippen LogP contribution < -0.4 is 4.72 Å². The number of nitrogens with one attached hydrogen (secondary N) is 1. The molecule has 0 fully saturated rings. The van der Waals surface area contributed by atoms with E-state index in [0.717, 1.165) is 0 Å². The highest BCUT2D eigenvalue weighted by Gasteiger charge is 2.45. The van der Waals surface area contributed by atoms with Crippen molar-refractivity contribution in [3.63, 3.8) is 0 Å². The lowest BCUT2D eigenvalue weighted by Crippen LogP contribution is -2.37. The van der Waals surface area contributed by atoms with Gasteiger partial charge < -0.3 is 4.74 Å². The molecule has 0 amide bonds. The zero-order valence-corrected chi connectivity index (χ0v) is 11.8. The molecule has 0 rings (SSSR count). The third-order valence-electron chi connectivity index (χ3n) is 2.59. The maximum absolute atomic E-state index is 11.9. The number of sulfonamides is 1. The van der Waals surface area contributed by atoms with E-state index in [0.29, 0.717) is 6.42 Å². The van der Waals surface area contributed by atoms with Crippen molar-refractivity contribution in [1.82, 2.24) is 4.72 Å². The SMILES string of the molecule is CCC(C)(C)C(=O)OCCCNS(=O)(=O)C(F)(F)F. The van der Waals surface area contributed by atoms with E-state index >= 15 is 0 Å². The van der Waals surface area contributed by atoms with Gasteiger partial charge in [0.25, 0.3) is 0 Å². The number of esters is 1. The number of hydrogen-bond acceptors (Lipinski definition) is 4. The number of ether oxygens (including phenoxy) is 1. The van der Waals surface area contributed by atoms with Crippen molar-refractivity contribution >= 4 is 16.0 Å². The average Bonchev–Trinajstić information content (AvgIpc) is 2.26. The molecule has 1 N–H and O–H groups in total. The van der Waals surface area contributed by atoms with Gasteiger partial charge in [-0.3, -0.25) is 4.79 Å². The van der Waals surface area contributed by atoms with Gasteiger partial charge in [0.1, 0.15) is 0 Å². The Labute approximate surface area is 110 Å². The predicted octanol–water partition coefficient (Wildman–Crippen LogP) is 1.80. The van der Waals surface area contributed by atoms with Crippen molar-refractivity contribution in [1.29, 1.82) is 0 Å². The second-order valence-corrected chi connectivity index (χ2v) is 6.33. The summed E-state index contributed by atoms with van der Waals surface area (Å²) in [7, 11) is -5.32. The Bertz CT molecular complexity index is 403. The molecule has 0 saturated heterocycles. The topological polar surface area (TPSA) is 72.5 Å². The van der Waals surface area contributed by atoms with Gasteiger partial charge in [0, 0.05) is 6.54 Å². The Morgan fingerprint density at radius 1 is 1.26 bits per heavy atom. The third-order valence-corrected chi connectivity index (χ3v) is 3.78. The second kappa shape index (κ2) is 6.56. The van der Waals surface area contributed by atoms with Gasteiger partial charge in [0.05, 0.1) is 12.0 Å². The van der Waals surface area contributed by atoms with Gasteiger partial charge in [0.2, 0.25) is 0 Å². The minimum Gasteiger partial charge on any atom is -0.465 e. The fraction of sp³-hybridized carbons (Fsp3) is 0.900. The molecule has 5 nitrogen and oxygen atoms in total. The molecule has 0 spiro atoms. The van der Waals surface area contributed by atoms with Gasteiger partial charge >= 0.3 is 21.5 Å². The first kappa shape index (κ1) is 18.2. The minimum atomic E-state index is -5.33. The highest BCUT2D eigenvalue weighted by Crippen LogP contribution is 2.22. The lowest BCUT2D eigenvalue weighted by atomic mass is 9.91. The molecule has 0 unspecified atom stereocenters. The normalized spacial score (nSPS) is 13.4. The van der Waals surface area contributed by atoms with E-state index in [1.54, 1.807) is 20.8 Å². The van der Waals surface area contributed by atoms with E-state index in [-0.39, 0.29) is 13.0 Å². The van der Waals surface area contributed by atoms with Crippen LogP contribution in [0.1, 0.15) is 33.6 Å². The molecule has 0 atom stereocenters. The smallest absolute Gasteiger partial charge is 0.465 e. The van der Waals surface area contributed by atoms with E-state index in [2.05, 4.69) is 0 Å². The quantitative estimate of drug-likeness (QED) is 0.575. The average molecular weight is 305 g/mol. The van der Waals surface area contributed by atoms with Crippen LogP contribution >= 0.6 is 0 Å². The first-order chi connectivity index (χ1) is 8.44. The number of carbonyl (C=O) groups excluding carboxylic acids is 1. The summed E-state index contributed by atoms with van der Waals surface area (Å²) in [6.07, 6.45) is 0.535. The summed E-state index contributed by atoms with van der Waals surface area (Å²) >= 11 is 0. The maximum atomic E-state index is 11.9.